The van der Waals surface area contributed by atoms with E-state index in [1.54, 1.807) is 12.1 Å². The Balaban J connectivity index is 1.46. The van der Waals surface area contributed by atoms with Crippen molar-refractivity contribution in [3.63, 3.8) is 0 Å². The highest BCUT2D eigenvalue weighted by Gasteiger charge is 2.37. The summed E-state index contributed by atoms with van der Waals surface area (Å²) >= 11 is 0. The van der Waals surface area contributed by atoms with Gasteiger partial charge >= 0.3 is 6.18 Å². The number of aromatic nitrogens is 2. The fourth-order valence-corrected chi connectivity index (χ4v) is 4.23. The van der Waals surface area contributed by atoms with Crippen molar-refractivity contribution < 1.29 is 26.3 Å². The molecule has 0 saturated heterocycles. The summed E-state index contributed by atoms with van der Waals surface area (Å²) in [6.07, 6.45) is -2.21. The fourth-order valence-electron chi connectivity index (χ4n) is 3.16. The smallest absolute Gasteiger partial charge is 0.435 e. The molecular weight excluding hydrogens is 383 g/mol. The zero-order valence-corrected chi connectivity index (χ0v) is 15.1. The summed E-state index contributed by atoms with van der Waals surface area (Å²) in [5.41, 5.74) is 0.401. The lowest BCUT2D eigenvalue weighted by molar-refractivity contribution is -0.141. The second-order valence-electron chi connectivity index (χ2n) is 6.72. The first kappa shape index (κ1) is 18.3. The van der Waals surface area contributed by atoms with Crippen molar-refractivity contribution in [3.05, 3.63) is 41.2 Å². The van der Waals surface area contributed by atoms with E-state index in [0.29, 0.717) is 24.5 Å². The van der Waals surface area contributed by atoms with Crippen LogP contribution in [0.1, 0.15) is 35.7 Å². The maximum atomic E-state index is 12.9. The quantitative estimate of drug-likeness (QED) is 0.808. The van der Waals surface area contributed by atoms with Crippen LogP contribution in [0.4, 0.5) is 13.2 Å². The van der Waals surface area contributed by atoms with E-state index in [9.17, 15) is 21.6 Å². The highest BCUT2D eigenvalue weighted by molar-refractivity contribution is 7.89. The Morgan fingerprint density at radius 1 is 1.26 bits per heavy atom. The molecule has 0 amide bonds. The highest BCUT2D eigenvalue weighted by atomic mass is 32.2. The van der Waals surface area contributed by atoms with E-state index in [2.05, 4.69) is 9.82 Å². The maximum absolute atomic E-state index is 12.9. The molecule has 2 aromatic rings. The van der Waals surface area contributed by atoms with Gasteiger partial charge in [-0.3, -0.25) is 4.68 Å². The third kappa shape index (κ3) is 3.81. The molecule has 27 heavy (non-hydrogen) atoms. The van der Waals surface area contributed by atoms with Crippen LogP contribution in [0.5, 0.6) is 5.75 Å². The van der Waals surface area contributed by atoms with E-state index in [0.717, 1.165) is 24.5 Å². The molecule has 0 atom stereocenters. The Morgan fingerprint density at radius 3 is 2.74 bits per heavy atom. The highest BCUT2D eigenvalue weighted by Crippen LogP contribution is 2.42. The number of hydrogen-bond acceptors (Lipinski definition) is 4. The predicted octanol–water partition coefficient (Wildman–Crippen LogP) is 2.69. The Labute approximate surface area is 154 Å². The summed E-state index contributed by atoms with van der Waals surface area (Å²) in [5.74, 6) is 0.751. The summed E-state index contributed by atoms with van der Waals surface area (Å²) < 4.78 is 72.7. The van der Waals surface area contributed by atoms with Gasteiger partial charge in [0.15, 0.2) is 5.69 Å². The summed E-state index contributed by atoms with van der Waals surface area (Å²) in [4.78, 5) is 0.116. The van der Waals surface area contributed by atoms with Gasteiger partial charge in [-0.2, -0.15) is 18.3 Å². The number of nitrogens with one attached hydrogen (secondary N) is 1. The molecule has 2 heterocycles. The topological polar surface area (TPSA) is 73.2 Å². The number of rotatable bonds is 6. The van der Waals surface area contributed by atoms with E-state index in [-0.39, 0.29) is 23.9 Å². The number of fused-ring (bicyclic) bond motifs is 1. The van der Waals surface area contributed by atoms with Gasteiger partial charge in [-0.25, -0.2) is 13.1 Å². The second kappa shape index (κ2) is 6.52. The number of sulfonamides is 1. The summed E-state index contributed by atoms with van der Waals surface area (Å²) in [7, 11) is -3.76. The minimum absolute atomic E-state index is 0.0369. The maximum Gasteiger partial charge on any atom is 0.435 e. The van der Waals surface area contributed by atoms with E-state index in [1.165, 1.54) is 10.7 Å². The van der Waals surface area contributed by atoms with Gasteiger partial charge in [0.2, 0.25) is 10.0 Å². The van der Waals surface area contributed by atoms with Gasteiger partial charge in [0.1, 0.15) is 5.75 Å². The molecule has 6 nitrogen and oxygen atoms in total. The molecular formula is C17H18F3N3O3S. The molecule has 0 unspecified atom stereocenters. The number of alkyl halides is 3. The van der Waals surface area contributed by atoms with Gasteiger partial charge < -0.3 is 4.74 Å². The van der Waals surface area contributed by atoms with E-state index < -0.39 is 21.9 Å². The van der Waals surface area contributed by atoms with Crippen LogP contribution in [0.3, 0.4) is 0 Å². The normalized spacial score (nSPS) is 17.0. The largest absolute Gasteiger partial charge is 0.493 e. The lowest BCUT2D eigenvalue weighted by Gasteiger charge is -2.10. The summed E-state index contributed by atoms with van der Waals surface area (Å²) in [6, 6.07) is 5.70. The molecule has 146 valence electrons. The molecule has 2 aliphatic rings. The Morgan fingerprint density at radius 2 is 2.04 bits per heavy atom. The zero-order chi connectivity index (χ0) is 19.2. The van der Waals surface area contributed by atoms with Crippen molar-refractivity contribution in [1.82, 2.24) is 14.5 Å². The van der Waals surface area contributed by atoms with Gasteiger partial charge in [-0.15, -0.1) is 0 Å². The molecule has 1 aliphatic carbocycles. The molecule has 1 fully saturated rings. The van der Waals surface area contributed by atoms with Gasteiger partial charge in [0, 0.05) is 24.6 Å². The van der Waals surface area contributed by atoms with Crippen LogP contribution in [0.15, 0.2) is 29.2 Å². The molecule has 0 radical (unpaired) electrons. The average Bonchev–Trinajstić information content (AvgIpc) is 3.16. The van der Waals surface area contributed by atoms with Crippen molar-refractivity contribution in [2.24, 2.45) is 0 Å². The van der Waals surface area contributed by atoms with Gasteiger partial charge in [0.05, 0.1) is 18.0 Å². The van der Waals surface area contributed by atoms with Gasteiger partial charge in [-0.1, -0.05) is 0 Å². The van der Waals surface area contributed by atoms with Crippen molar-refractivity contribution in [3.8, 4) is 5.75 Å². The minimum atomic E-state index is -4.51. The molecule has 1 saturated carbocycles. The zero-order valence-electron chi connectivity index (χ0n) is 14.3. The number of nitrogens with zero attached hydrogens (tertiary/aromatic N) is 2. The predicted molar refractivity (Wildman–Crippen MR) is 90.0 cm³/mol. The number of ether oxygens (including phenoxy) is 1. The number of hydrogen-bond donors (Lipinski definition) is 1. The first-order chi connectivity index (χ1) is 12.7. The molecule has 1 aromatic carbocycles. The lowest BCUT2D eigenvalue weighted by Crippen LogP contribution is -2.28. The molecule has 1 aromatic heterocycles. The Bertz CT molecular complexity index is 966. The minimum Gasteiger partial charge on any atom is -0.493 e. The van der Waals surface area contributed by atoms with E-state index in [1.807, 2.05) is 0 Å². The SMILES string of the molecule is O=S(=O)(NCCn1nc(C(F)(F)F)cc1C1CC1)c1ccc2c(c1)CCO2. The molecule has 1 aliphatic heterocycles. The average molecular weight is 401 g/mol. The van der Waals surface area contributed by atoms with E-state index in [4.69, 9.17) is 4.74 Å². The van der Waals surface area contributed by atoms with Crippen molar-refractivity contribution in [2.45, 2.75) is 42.8 Å². The summed E-state index contributed by atoms with van der Waals surface area (Å²) in [5, 5.41) is 3.62. The van der Waals surface area contributed by atoms with Gasteiger partial charge in [0.25, 0.3) is 0 Å². The van der Waals surface area contributed by atoms with Crippen LogP contribution in [-0.4, -0.2) is 31.3 Å². The van der Waals surface area contributed by atoms with Crippen molar-refractivity contribution in [1.29, 1.82) is 0 Å². The Hall–Kier alpha value is -2.07. The Kier molecular flexibility index (Phi) is 4.42. The number of halogens is 3. The third-order valence-electron chi connectivity index (χ3n) is 4.68. The fraction of sp³-hybridized carbons (Fsp3) is 0.471. The van der Waals surface area contributed by atoms with Crippen molar-refractivity contribution in [2.75, 3.05) is 13.2 Å². The standard InChI is InChI=1S/C17H18F3N3O3S/c18-17(19,20)16-10-14(11-1-2-11)23(22-16)7-6-21-27(24,25)13-3-4-15-12(9-13)5-8-26-15/h3-4,9-11,21H,1-2,5-8H2. The first-order valence-corrected chi connectivity index (χ1v) is 10.1. The van der Waals surface area contributed by atoms with Crippen molar-refractivity contribution >= 4 is 10.0 Å². The van der Waals surface area contributed by atoms with Crippen LogP contribution in [0.25, 0.3) is 0 Å². The second-order valence-corrected chi connectivity index (χ2v) is 8.48. The van der Waals surface area contributed by atoms with Crippen LogP contribution >= 0.6 is 0 Å². The third-order valence-corrected chi connectivity index (χ3v) is 6.14. The molecule has 10 heteroatoms. The van der Waals surface area contributed by atoms with Crippen LogP contribution < -0.4 is 9.46 Å². The number of benzene rings is 1. The first-order valence-electron chi connectivity index (χ1n) is 8.64. The van der Waals surface area contributed by atoms with Crippen LogP contribution in [0, 0.1) is 0 Å². The molecule has 0 bridgehead atoms. The molecule has 1 N–H and O–H groups in total. The lowest BCUT2D eigenvalue weighted by atomic mass is 10.2. The summed E-state index contributed by atoms with van der Waals surface area (Å²) in [6.45, 7) is 0.515. The molecule has 4 rings (SSSR count). The monoisotopic (exact) mass is 401 g/mol. The molecule has 0 spiro atoms. The van der Waals surface area contributed by atoms with E-state index >= 15 is 0 Å². The van der Waals surface area contributed by atoms with Gasteiger partial charge in [-0.05, 0) is 42.7 Å². The van der Waals surface area contributed by atoms with Crippen LogP contribution in [-0.2, 0) is 29.2 Å². The van der Waals surface area contributed by atoms with Crippen LogP contribution in [0.2, 0.25) is 0 Å².